The Balaban J connectivity index is 0.849. The standard InChI is InChI=1S/C55H80IN9O8S2/c56-39-16-13-15-37(31-39)53(71)59-26-28-73-30-29-72-27-14-21-46(68)38-32-40(60-49(69)24-7-3-1-5-17-42(66)19-9-11-22-47-51-44(35-74-47)62-54(57)64-51)34-41(33-38)61-50(70)25-8-4-2-6-18-43(67)20-10-12-23-48-52-45(36-75-48)63-55(58)65-52/h13,15-16,31-34,44-45,47-48,51-52H,1-12,14,17-30,35-36H2,(H,59,71)(H,60,69)(H,61,70)(H3,57,62,64)(H3,58,63,65)/t44-,45-,47-,48-,51-,52-/m0/s1/i56-2. The molecule has 6 atom stereocenters. The fraction of sp³-hybridized carbons (Fsp3) is 0.636. The van der Waals surface area contributed by atoms with Crippen molar-refractivity contribution >= 4 is 104 Å². The smallest absolute Gasteiger partial charge is 0.251 e. The van der Waals surface area contributed by atoms with Gasteiger partial charge in [-0.1, -0.05) is 44.6 Å². The van der Waals surface area contributed by atoms with E-state index in [2.05, 4.69) is 59.2 Å². The lowest BCUT2D eigenvalue weighted by atomic mass is 10.0. The summed E-state index contributed by atoms with van der Waals surface area (Å²) in [5.41, 5.74) is 13.5. The van der Waals surface area contributed by atoms with Gasteiger partial charge in [-0.3, -0.25) is 28.8 Å². The number of anilines is 2. The topological polar surface area (TPSA) is 258 Å². The van der Waals surface area contributed by atoms with Crippen molar-refractivity contribution in [1.29, 1.82) is 0 Å². The molecule has 4 aliphatic rings. The Morgan fingerprint density at radius 2 is 1.07 bits per heavy atom. The van der Waals surface area contributed by atoms with E-state index in [4.69, 9.17) is 20.9 Å². The molecule has 0 unspecified atom stereocenters. The van der Waals surface area contributed by atoms with Gasteiger partial charge in [0.25, 0.3) is 5.91 Å². The number of amides is 3. The molecule has 17 nitrogen and oxygen atoms in total. The highest BCUT2D eigenvalue weighted by Gasteiger charge is 2.41. The number of benzene rings is 2. The Morgan fingerprint density at radius 3 is 1.59 bits per heavy atom. The van der Waals surface area contributed by atoms with Gasteiger partial charge in [0.2, 0.25) is 11.8 Å². The summed E-state index contributed by atoms with van der Waals surface area (Å²) in [5, 5.41) is 16.2. The molecule has 2 aromatic carbocycles. The number of halogens is 1. The number of ether oxygens (including phenoxy) is 2. The van der Waals surface area contributed by atoms with Crippen LogP contribution in [0.1, 0.15) is 162 Å². The highest BCUT2D eigenvalue weighted by atomic mass is 125. The number of rotatable bonds is 38. The molecule has 0 saturated carbocycles. The zero-order valence-corrected chi connectivity index (χ0v) is 47.3. The molecular weight excluding hydrogens is 1100 g/mol. The number of nitrogens with zero attached hydrogens (tertiary/aromatic N) is 2. The van der Waals surface area contributed by atoms with Crippen molar-refractivity contribution in [3.63, 3.8) is 0 Å². The molecule has 75 heavy (non-hydrogen) atoms. The number of fused-ring (bicyclic) bond motifs is 2. The lowest BCUT2D eigenvalue weighted by Crippen LogP contribution is -2.38. The van der Waals surface area contributed by atoms with Crippen LogP contribution in [0.2, 0.25) is 0 Å². The van der Waals surface area contributed by atoms with Crippen LogP contribution in [0, 0.1) is 3.57 Å². The quantitative estimate of drug-likeness (QED) is 0.0191. The van der Waals surface area contributed by atoms with Crippen molar-refractivity contribution in [2.45, 2.75) is 176 Å². The first-order chi connectivity index (χ1) is 36.4. The minimum absolute atomic E-state index is 0.143. The Labute approximate surface area is 465 Å². The second-order valence-corrected chi connectivity index (χ2v) is 23.9. The minimum Gasteiger partial charge on any atom is -0.379 e. The molecule has 2 aromatic rings. The van der Waals surface area contributed by atoms with E-state index in [9.17, 15) is 28.8 Å². The second-order valence-electron chi connectivity index (χ2n) is 20.1. The minimum atomic E-state index is -0.187. The van der Waals surface area contributed by atoms with Crippen molar-refractivity contribution < 1.29 is 38.2 Å². The predicted octanol–water partition coefficient (Wildman–Crippen LogP) is 8.08. The van der Waals surface area contributed by atoms with Crippen molar-refractivity contribution in [1.82, 2.24) is 16.0 Å². The van der Waals surface area contributed by atoms with Crippen molar-refractivity contribution in [3.05, 3.63) is 57.2 Å². The third-order valence-corrected chi connectivity index (χ3v) is 17.6. The van der Waals surface area contributed by atoms with E-state index in [0.717, 1.165) is 92.1 Å². The van der Waals surface area contributed by atoms with Crippen LogP contribution in [0.5, 0.6) is 0 Å². The van der Waals surface area contributed by atoms with Crippen LogP contribution in [0.15, 0.2) is 52.4 Å². The molecule has 0 aliphatic carbocycles. The molecule has 0 bridgehead atoms. The number of aliphatic imine (C=N–C) groups is 2. The Morgan fingerprint density at radius 1 is 0.573 bits per heavy atom. The third-order valence-electron chi connectivity index (χ3n) is 13.9. The van der Waals surface area contributed by atoms with Gasteiger partial charge >= 0.3 is 0 Å². The number of nitrogens with one attached hydrogen (secondary N) is 5. The highest BCUT2D eigenvalue weighted by molar-refractivity contribution is 14.1. The average molecular weight is 1180 g/mol. The molecule has 9 N–H and O–H groups in total. The van der Waals surface area contributed by atoms with E-state index in [1.165, 1.54) is 0 Å². The van der Waals surface area contributed by atoms with Gasteiger partial charge in [0.05, 0.1) is 44.0 Å². The summed E-state index contributed by atoms with van der Waals surface area (Å²) in [5.74, 6) is 3.06. The number of thioether (sulfide) groups is 2. The summed E-state index contributed by atoms with van der Waals surface area (Å²) < 4.78 is 12.3. The van der Waals surface area contributed by atoms with Crippen molar-refractivity contribution in [2.24, 2.45) is 21.5 Å². The molecule has 3 amide bonds. The SMILES string of the molecule is NC1=N[C@H]2[C@H](CS[C@H]2CCCCC(=O)CCCCCCC(=O)Nc2cc(NC(=O)CCCCCCC(=O)CCCC[C@@H]3SC[C@@H]4NC(N)=N[C@@H]43)cc(C(=O)CCCOCCOCCNC(=O)c3cccc([125I])c3)c2)N1. The molecular formula is C55H80IN9O8S2. The van der Waals surface area contributed by atoms with Gasteiger partial charge in [-0.15, -0.1) is 0 Å². The van der Waals surface area contributed by atoms with Crippen LogP contribution in [0.25, 0.3) is 0 Å². The van der Waals surface area contributed by atoms with Crippen LogP contribution < -0.4 is 38.1 Å². The molecule has 0 aromatic heterocycles. The zero-order chi connectivity index (χ0) is 53.2. The molecule has 6 rings (SSSR count). The summed E-state index contributed by atoms with van der Waals surface area (Å²) in [4.78, 5) is 86.3. The number of carbonyl (C=O) groups excluding carboxylic acids is 6. The monoisotopic (exact) mass is 1180 g/mol. The molecule has 4 heterocycles. The number of Topliss-reactive ketones (excluding diaryl/α,β-unsaturated/α-hetero) is 3. The number of nitrogens with two attached hydrogens (primary N) is 2. The van der Waals surface area contributed by atoms with E-state index in [1.54, 1.807) is 24.3 Å². The molecule has 20 heteroatoms. The van der Waals surface area contributed by atoms with Crippen LogP contribution in [-0.2, 0) is 28.7 Å². The van der Waals surface area contributed by atoms with Gasteiger partial charge < -0.3 is 47.5 Å². The molecule has 0 radical (unpaired) electrons. The molecule has 4 aliphatic heterocycles. The number of guanidine groups is 2. The van der Waals surface area contributed by atoms with Crippen LogP contribution >= 0.6 is 46.1 Å². The van der Waals surface area contributed by atoms with Gasteiger partial charge in [0.15, 0.2) is 17.7 Å². The van der Waals surface area contributed by atoms with Gasteiger partial charge in [-0.2, -0.15) is 23.5 Å². The fourth-order valence-electron chi connectivity index (χ4n) is 9.91. The normalized spacial score (nSPS) is 20.3. The van der Waals surface area contributed by atoms with Crippen LogP contribution in [-0.4, -0.2) is 126 Å². The maximum Gasteiger partial charge on any atom is 0.251 e. The summed E-state index contributed by atoms with van der Waals surface area (Å²) in [6.45, 7) is 1.74. The van der Waals surface area contributed by atoms with Crippen molar-refractivity contribution in [2.75, 3.05) is 55.1 Å². The maximum atomic E-state index is 13.5. The van der Waals surface area contributed by atoms with E-state index in [0.29, 0.717) is 159 Å². The first-order valence-electron chi connectivity index (χ1n) is 27.3. The first kappa shape index (κ1) is 60.0. The Kier molecular flexibility index (Phi) is 26.5. The summed E-state index contributed by atoms with van der Waals surface area (Å²) in [7, 11) is 0. The predicted molar refractivity (Wildman–Crippen MR) is 310 cm³/mol. The third kappa shape index (κ3) is 22.0. The van der Waals surface area contributed by atoms with Crippen LogP contribution in [0.3, 0.4) is 0 Å². The van der Waals surface area contributed by atoms with Gasteiger partial charge in [-0.25, -0.2) is 9.98 Å². The fourth-order valence-corrected chi connectivity index (χ4v) is 13.5. The average Bonchev–Trinajstić information content (AvgIpc) is 4.16. The number of unbranched alkanes of at least 4 members (excludes halogenated alkanes) is 8. The second kappa shape index (κ2) is 33.1. The summed E-state index contributed by atoms with van der Waals surface area (Å²) in [6.07, 6.45) is 15.8. The maximum absolute atomic E-state index is 13.5. The van der Waals surface area contributed by atoms with E-state index >= 15 is 0 Å². The van der Waals surface area contributed by atoms with Crippen LogP contribution in [0.4, 0.5) is 11.4 Å². The van der Waals surface area contributed by atoms with E-state index in [1.807, 2.05) is 41.7 Å². The van der Waals surface area contributed by atoms with Gasteiger partial charge in [0, 0.05) is 106 Å². The Bertz CT molecular complexity index is 2170. The zero-order valence-electron chi connectivity index (χ0n) is 43.5. The largest absolute Gasteiger partial charge is 0.379 e. The number of carbonyl (C=O) groups is 6. The molecule has 2 saturated heterocycles. The molecule has 2 fully saturated rings. The molecule has 412 valence electrons. The first-order valence-corrected chi connectivity index (χ1v) is 30.5. The number of ketones is 3. The molecule has 0 spiro atoms. The number of hydrogen-bond acceptors (Lipinski definition) is 16. The Hall–Kier alpha value is -4.25. The summed E-state index contributed by atoms with van der Waals surface area (Å²) in [6, 6.07) is 13.5. The highest BCUT2D eigenvalue weighted by Crippen LogP contribution is 2.36. The van der Waals surface area contributed by atoms with E-state index in [-0.39, 0.29) is 42.0 Å². The van der Waals surface area contributed by atoms with Crippen molar-refractivity contribution in [3.8, 4) is 0 Å². The lowest BCUT2D eigenvalue weighted by molar-refractivity contribution is -0.120. The number of hydrogen-bond donors (Lipinski definition) is 7. The van der Waals surface area contributed by atoms with E-state index < -0.39 is 0 Å². The lowest BCUT2D eigenvalue weighted by Gasteiger charge is -2.14. The van der Waals surface area contributed by atoms with Gasteiger partial charge in [-0.05, 0) is 117 Å². The van der Waals surface area contributed by atoms with Gasteiger partial charge in [0.1, 0.15) is 11.6 Å². The summed E-state index contributed by atoms with van der Waals surface area (Å²) >= 11 is 6.06.